The van der Waals surface area contributed by atoms with Crippen LogP contribution in [0.5, 0.6) is 11.5 Å². The SMILES string of the molecule is COc1c(F)ccc(CN)c1OC. The minimum absolute atomic E-state index is 0.102. The first-order chi connectivity index (χ1) is 6.24. The van der Waals surface area contributed by atoms with Crippen molar-refractivity contribution in [2.45, 2.75) is 6.54 Å². The normalized spacial score (nSPS) is 9.85. The van der Waals surface area contributed by atoms with Crippen LogP contribution in [0.3, 0.4) is 0 Å². The topological polar surface area (TPSA) is 44.5 Å². The van der Waals surface area contributed by atoms with Gasteiger partial charge in [0, 0.05) is 12.1 Å². The Bertz CT molecular complexity index is 302. The van der Waals surface area contributed by atoms with Gasteiger partial charge in [0.2, 0.25) is 0 Å². The van der Waals surface area contributed by atoms with E-state index >= 15 is 0 Å². The summed E-state index contributed by atoms with van der Waals surface area (Å²) < 4.78 is 23.0. The number of methoxy groups -OCH3 is 2. The summed E-state index contributed by atoms with van der Waals surface area (Å²) in [7, 11) is 2.84. The Morgan fingerprint density at radius 2 is 1.85 bits per heavy atom. The summed E-state index contributed by atoms with van der Waals surface area (Å²) >= 11 is 0. The zero-order valence-corrected chi connectivity index (χ0v) is 7.63. The number of nitrogens with two attached hydrogens (primary N) is 1. The van der Waals surface area contributed by atoms with Gasteiger partial charge in [-0.05, 0) is 6.07 Å². The Hall–Kier alpha value is -1.29. The second kappa shape index (κ2) is 4.09. The van der Waals surface area contributed by atoms with E-state index in [-0.39, 0.29) is 5.75 Å². The van der Waals surface area contributed by atoms with Crippen molar-refractivity contribution in [3.8, 4) is 11.5 Å². The molecule has 0 aliphatic carbocycles. The third-order valence-corrected chi connectivity index (χ3v) is 1.77. The molecule has 1 aromatic rings. The molecule has 0 spiro atoms. The number of benzene rings is 1. The maximum Gasteiger partial charge on any atom is 0.197 e. The molecule has 0 radical (unpaired) electrons. The molecular weight excluding hydrogens is 173 g/mol. The van der Waals surface area contributed by atoms with Crippen LogP contribution < -0.4 is 15.2 Å². The van der Waals surface area contributed by atoms with E-state index in [2.05, 4.69) is 0 Å². The molecule has 1 rings (SSSR count). The van der Waals surface area contributed by atoms with E-state index in [0.29, 0.717) is 12.3 Å². The van der Waals surface area contributed by atoms with Gasteiger partial charge in [0.25, 0.3) is 0 Å². The highest BCUT2D eigenvalue weighted by Gasteiger charge is 2.13. The van der Waals surface area contributed by atoms with Crippen molar-refractivity contribution in [2.75, 3.05) is 14.2 Å². The summed E-state index contributed by atoms with van der Waals surface area (Å²) in [5, 5.41) is 0. The Morgan fingerprint density at radius 1 is 1.23 bits per heavy atom. The highest BCUT2D eigenvalue weighted by atomic mass is 19.1. The van der Waals surface area contributed by atoms with Gasteiger partial charge in [0.1, 0.15) is 0 Å². The van der Waals surface area contributed by atoms with Crippen molar-refractivity contribution < 1.29 is 13.9 Å². The van der Waals surface area contributed by atoms with Crippen molar-refractivity contribution in [2.24, 2.45) is 5.73 Å². The molecule has 0 saturated heterocycles. The van der Waals surface area contributed by atoms with Gasteiger partial charge in [-0.25, -0.2) is 4.39 Å². The van der Waals surface area contributed by atoms with E-state index in [1.807, 2.05) is 0 Å². The lowest BCUT2D eigenvalue weighted by atomic mass is 10.2. The molecule has 0 atom stereocenters. The van der Waals surface area contributed by atoms with E-state index < -0.39 is 5.82 Å². The van der Waals surface area contributed by atoms with Gasteiger partial charge < -0.3 is 15.2 Å². The monoisotopic (exact) mass is 185 g/mol. The van der Waals surface area contributed by atoms with Crippen LogP contribution in [0.1, 0.15) is 5.56 Å². The lowest BCUT2D eigenvalue weighted by molar-refractivity contribution is 0.334. The number of ether oxygens (including phenoxy) is 2. The molecule has 0 heterocycles. The van der Waals surface area contributed by atoms with Gasteiger partial charge in [-0.3, -0.25) is 0 Å². The van der Waals surface area contributed by atoms with Crippen LogP contribution in [0.15, 0.2) is 12.1 Å². The minimum atomic E-state index is -0.448. The fourth-order valence-electron chi connectivity index (χ4n) is 1.15. The summed E-state index contributed by atoms with van der Waals surface area (Å²) in [6, 6.07) is 2.89. The molecule has 4 heteroatoms. The maximum atomic E-state index is 13.1. The van der Waals surface area contributed by atoms with Crippen LogP contribution in [-0.4, -0.2) is 14.2 Å². The number of rotatable bonds is 3. The van der Waals surface area contributed by atoms with Crippen LogP contribution >= 0.6 is 0 Å². The molecule has 0 unspecified atom stereocenters. The first kappa shape index (κ1) is 9.80. The van der Waals surface area contributed by atoms with Gasteiger partial charge in [-0.2, -0.15) is 0 Å². The number of halogens is 1. The summed E-state index contributed by atoms with van der Waals surface area (Å²) in [5.41, 5.74) is 6.16. The lowest BCUT2D eigenvalue weighted by Gasteiger charge is -2.11. The fraction of sp³-hybridized carbons (Fsp3) is 0.333. The van der Waals surface area contributed by atoms with Gasteiger partial charge >= 0.3 is 0 Å². The van der Waals surface area contributed by atoms with Crippen molar-refractivity contribution >= 4 is 0 Å². The quantitative estimate of drug-likeness (QED) is 0.772. The number of hydrogen-bond acceptors (Lipinski definition) is 3. The van der Waals surface area contributed by atoms with E-state index in [1.165, 1.54) is 20.3 Å². The third-order valence-electron chi connectivity index (χ3n) is 1.77. The van der Waals surface area contributed by atoms with E-state index in [0.717, 1.165) is 5.56 Å². The predicted molar refractivity (Wildman–Crippen MR) is 47.4 cm³/mol. The van der Waals surface area contributed by atoms with Crippen LogP contribution in [-0.2, 0) is 6.54 Å². The molecule has 3 nitrogen and oxygen atoms in total. The first-order valence-electron chi connectivity index (χ1n) is 3.84. The van der Waals surface area contributed by atoms with Gasteiger partial charge in [-0.15, -0.1) is 0 Å². The molecule has 1 aromatic carbocycles. The molecule has 0 aromatic heterocycles. The Labute approximate surface area is 76.3 Å². The van der Waals surface area contributed by atoms with Crippen molar-refractivity contribution in [3.05, 3.63) is 23.5 Å². The number of hydrogen-bond donors (Lipinski definition) is 1. The Kier molecular flexibility index (Phi) is 3.08. The van der Waals surface area contributed by atoms with Crippen LogP contribution in [0.25, 0.3) is 0 Å². The Balaban J connectivity index is 3.27. The molecule has 0 fully saturated rings. The molecule has 72 valence electrons. The molecule has 0 aliphatic heterocycles. The zero-order valence-electron chi connectivity index (χ0n) is 7.63. The van der Waals surface area contributed by atoms with Crippen LogP contribution in [0, 0.1) is 5.82 Å². The highest BCUT2D eigenvalue weighted by Crippen LogP contribution is 2.33. The van der Waals surface area contributed by atoms with Crippen LogP contribution in [0.2, 0.25) is 0 Å². The summed E-state index contributed by atoms with van der Waals surface area (Å²) in [5.74, 6) is 0.0204. The summed E-state index contributed by atoms with van der Waals surface area (Å²) in [4.78, 5) is 0. The van der Waals surface area contributed by atoms with Crippen molar-refractivity contribution in [1.82, 2.24) is 0 Å². The molecule has 0 saturated carbocycles. The largest absolute Gasteiger partial charge is 0.492 e. The molecular formula is C9H12FNO2. The van der Waals surface area contributed by atoms with Crippen LogP contribution in [0.4, 0.5) is 4.39 Å². The minimum Gasteiger partial charge on any atom is -0.492 e. The smallest absolute Gasteiger partial charge is 0.197 e. The Morgan fingerprint density at radius 3 is 2.31 bits per heavy atom. The predicted octanol–water partition coefficient (Wildman–Crippen LogP) is 1.30. The first-order valence-corrected chi connectivity index (χ1v) is 3.84. The van der Waals surface area contributed by atoms with Gasteiger partial charge in [0.05, 0.1) is 14.2 Å². The van der Waals surface area contributed by atoms with Gasteiger partial charge in [-0.1, -0.05) is 6.07 Å². The second-order valence-corrected chi connectivity index (χ2v) is 2.48. The van der Waals surface area contributed by atoms with E-state index in [4.69, 9.17) is 15.2 Å². The van der Waals surface area contributed by atoms with E-state index in [1.54, 1.807) is 6.07 Å². The second-order valence-electron chi connectivity index (χ2n) is 2.48. The summed E-state index contributed by atoms with van der Waals surface area (Å²) in [6.45, 7) is 0.291. The molecule has 13 heavy (non-hydrogen) atoms. The fourth-order valence-corrected chi connectivity index (χ4v) is 1.15. The molecule has 0 bridgehead atoms. The molecule has 2 N–H and O–H groups in total. The highest BCUT2D eigenvalue weighted by molar-refractivity contribution is 5.47. The molecule has 0 aliphatic rings. The maximum absolute atomic E-state index is 13.1. The average Bonchev–Trinajstić information content (AvgIpc) is 2.17. The van der Waals surface area contributed by atoms with Crippen molar-refractivity contribution in [1.29, 1.82) is 0 Å². The standard InChI is InChI=1S/C9H12FNO2/c1-12-8-6(5-11)3-4-7(10)9(8)13-2/h3-4H,5,11H2,1-2H3. The zero-order chi connectivity index (χ0) is 9.84. The van der Waals surface area contributed by atoms with Gasteiger partial charge in [0.15, 0.2) is 17.3 Å². The van der Waals surface area contributed by atoms with E-state index in [9.17, 15) is 4.39 Å². The molecule has 0 amide bonds. The summed E-state index contributed by atoms with van der Waals surface area (Å²) in [6.07, 6.45) is 0. The van der Waals surface area contributed by atoms with Crippen molar-refractivity contribution in [3.63, 3.8) is 0 Å². The average molecular weight is 185 g/mol. The lowest BCUT2D eigenvalue weighted by Crippen LogP contribution is -2.02. The third kappa shape index (κ3) is 1.72.